The smallest absolute Gasteiger partial charge is 0.317 e. The van der Waals surface area contributed by atoms with Crippen LogP contribution in [0, 0.1) is 11.8 Å². The van der Waals surface area contributed by atoms with Gasteiger partial charge in [-0.1, -0.05) is 6.92 Å². The molecule has 0 aliphatic carbocycles. The first kappa shape index (κ1) is 13.1. The minimum Gasteiger partial charge on any atom is -0.469 e. The maximum atomic E-state index is 12.0. The van der Waals surface area contributed by atoms with Crippen molar-refractivity contribution in [2.24, 2.45) is 11.8 Å². The van der Waals surface area contributed by atoms with Crippen molar-refractivity contribution in [2.45, 2.75) is 19.4 Å². The molecule has 0 aromatic rings. The van der Waals surface area contributed by atoms with E-state index < -0.39 is 0 Å². The second-order valence-electron chi connectivity index (χ2n) is 5.02. The predicted molar refractivity (Wildman–Crippen MR) is 64.0 cm³/mol. The first-order valence-electron chi connectivity index (χ1n) is 6.33. The van der Waals surface area contributed by atoms with Crippen molar-refractivity contribution in [3.05, 3.63) is 0 Å². The van der Waals surface area contributed by atoms with Gasteiger partial charge in [-0.2, -0.15) is 0 Å². The minimum atomic E-state index is -0.234. The molecule has 0 bridgehead atoms. The van der Waals surface area contributed by atoms with Gasteiger partial charge in [0.05, 0.1) is 25.7 Å². The number of urea groups is 1. The summed E-state index contributed by atoms with van der Waals surface area (Å²) in [6.07, 6.45) is 0.857. The van der Waals surface area contributed by atoms with E-state index in [4.69, 9.17) is 9.47 Å². The highest BCUT2D eigenvalue weighted by Gasteiger charge is 2.38. The summed E-state index contributed by atoms with van der Waals surface area (Å²) < 4.78 is 9.96. The second-order valence-corrected chi connectivity index (χ2v) is 5.02. The van der Waals surface area contributed by atoms with Gasteiger partial charge in [0, 0.05) is 19.7 Å². The van der Waals surface area contributed by atoms with E-state index in [2.05, 4.69) is 5.32 Å². The normalized spacial score (nSPS) is 31.4. The van der Waals surface area contributed by atoms with E-state index in [0.717, 1.165) is 6.42 Å². The Balaban J connectivity index is 1.86. The topological polar surface area (TPSA) is 67.9 Å². The van der Waals surface area contributed by atoms with Crippen molar-refractivity contribution < 1.29 is 19.1 Å². The van der Waals surface area contributed by atoms with Gasteiger partial charge in [0.1, 0.15) is 0 Å². The zero-order valence-electron chi connectivity index (χ0n) is 10.8. The van der Waals surface area contributed by atoms with Crippen LogP contribution >= 0.6 is 0 Å². The zero-order chi connectivity index (χ0) is 13.1. The minimum absolute atomic E-state index is 0.102. The number of esters is 1. The summed E-state index contributed by atoms with van der Waals surface area (Å²) in [6, 6.07) is -0.00580. The molecule has 6 nitrogen and oxygen atoms in total. The Morgan fingerprint density at radius 2 is 2.17 bits per heavy atom. The molecule has 2 aliphatic rings. The maximum Gasteiger partial charge on any atom is 0.317 e. The number of likely N-dealkylation sites (tertiary alicyclic amines) is 1. The van der Waals surface area contributed by atoms with E-state index >= 15 is 0 Å². The highest BCUT2D eigenvalue weighted by Crippen LogP contribution is 2.24. The molecular weight excluding hydrogens is 236 g/mol. The Hall–Kier alpha value is -1.30. The maximum absolute atomic E-state index is 12.0. The molecule has 6 heteroatoms. The zero-order valence-corrected chi connectivity index (χ0v) is 10.8. The van der Waals surface area contributed by atoms with Crippen LogP contribution in [0.2, 0.25) is 0 Å². The van der Waals surface area contributed by atoms with Crippen LogP contribution in [-0.2, 0) is 14.3 Å². The molecule has 2 aliphatic heterocycles. The van der Waals surface area contributed by atoms with Gasteiger partial charge in [-0.05, 0) is 12.3 Å². The number of nitrogens with one attached hydrogen (secondary N) is 1. The van der Waals surface area contributed by atoms with Gasteiger partial charge in [-0.3, -0.25) is 4.79 Å². The SMILES string of the molecule is COC(=O)C1CN(C(=O)NC2CCOC2)CC1C. The molecule has 0 spiro atoms. The second kappa shape index (κ2) is 5.56. The van der Waals surface area contributed by atoms with E-state index in [-0.39, 0.29) is 29.9 Å². The third kappa shape index (κ3) is 2.75. The Morgan fingerprint density at radius 3 is 2.78 bits per heavy atom. The van der Waals surface area contributed by atoms with Crippen molar-refractivity contribution in [2.75, 3.05) is 33.4 Å². The number of hydrogen-bond donors (Lipinski definition) is 1. The Labute approximate surface area is 107 Å². The molecule has 0 aromatic carbocycles. The van der Waals surface area contributed by atoms with E-state index in [1.54, 1.807) is 4.90 Å². The third-order valence-corrected chi connectivity index (χ3v) is 3.66. The van der Waals surface area contributed by atoms with E-state index in [0.29, 0.717) is 26.3 Å². The fourth-order valence-corrected chi connectivity index (χ4v) is 2.51. The van der Waals surface area contributed by atoms with Crippen LogP contribution < -0.4 is 5.32 Å². The average Bonchev–Trinajstić information content (AvgIpc) is 2.97. The molecule has 2 amide bonds. The summed E-state index contributed by atoms with van der Waals surface area (Å²) in [7, 11) is 1.38. The lowest BCUT2D eigenvalue weighted by atomic mass is 9.99. The summed E-state index contributed by atoms with van der Waals surface area (Å²) in [5, 5.41) is 2.93. The fourth-order valence-electron chi connectivity index (χ4n) is 2.51. The molecule has 2 rings (SSSR count). The summed E-state index contributed by atoms with van der Waals surface area (Å²) >= 11 is 0. The molecule has 0 aromatic heterocycles. The van der Waals surface area contributed by atoms with Crippen molar-refractivity contribution >= 4 is 12.0 Å². The third-order valence-electron chi connectivity index (χ3n) is 3.66. The highest BCUT2D eigenvalue weighted by molar-refractivity contribution is 5.78. The number of ether oxygens (including phenoxy) is 2. The monoisotopic (exact) mass is 256 g/mol. The molecule has 18 heavy (non-hydrogen) atoms. The van der Waals surface area contributed by atoms with Gasteiger partial charge in [0.15, 0.2) is 0 Å². The molecule has 3 unspecified atom stereocenters. The molecular formula is C12H20N2O4. The molecule has 2 fully saturated rings. The number of carbonyl (C=O) groups is 2. The van der Waals surface area contributed by atoms with E-state index in [1.165, 1.54) is 7.11 Å². The Morgan fingerprint density at radius 1 is 1.39 bits per heavy atom. The van der Waals surface area contributed by atoms with Crippen LogP contribution in [0.1, 0.15) is 13.3 Å². The lowest BCUT2D eigenvalue weighted by Crippen LogP contribution is -2.44. The van der Waals surface area contributed by atoms with Crippen molar-refractivity contribution in [3.63, 3.8) is 0 Å². The quantitative estimate of drug-likeness (QED) is 0.718. The van der Waals surface area contributed by atoms with Crippen LogP contribution in [-0.4, -0.2) is 56.4 Å². The standard InChI is InChI=1S/C12H20N2O4/c1-8-5-14(6-10(8)11(15)17-2)12(16)13-9-3-4-18-7-9/h8-10H,3-7H2,1-2H3,(H,13,16). The van der Waals surface area contributed by atoms with E-state index in [1.807, 2.05) is 6.92 Å². The number of rotatable bonds is 2. The van der Waals surface area contributed by atoms with Crippen molar-refractivity contribution in [3.8, 4) is 0 Å². The first-order chi connectivity index (χ1) is 8.61. The first-order valence-corrected chi connectivity index (χ1v) is 6.33. The predicted octanol–water partition coefficient (Wildman–Crippen LogP) is 0.226. The number of nitrogens with zero attached hydrogens (tertiary/aromatic N) is 1. The van der Waals surface area contributed by atoms with Gasteiger partial charge >= 0.3 is 12.0 Å². The molecule has 2 saturated heterocycles. The van der Waals surface area contributed by atoms with Crippen LogP contribution in [0.15, 0.2) is 0 Å². The summed E-state index contributed by atoms with van der Waals surface area (Å²) in [6.45, 7) is 4.28. The summed E-state index contributed by atoms with van der Waals surface area (Å²) in [5.74, 6) is -0.300. The lowest BCUT2D eigenvalue weighted by molar-refractivity contribution is -0.145. The van der Waals surface area contributed by atoms with Crippen LogP contribution in [0.25, 0.3) is 0 Å². The molecule has 1 N–H and O–H groups in total. The Kier molecular flexibility index (Phi) is 4.06. The summed E-state index contributed by atoms with van der Waals surface area (Å²) in [5.41, 5.74) is 0. The van der Waals surface area contributed by atoms with Crippen molar-refractivity contribution in [1.82, 2.24) is 10.2 Å². The van der Waals surface area contributed by atoms with Crippen LogP contribution in [0.5, 0.6) is 0 Å². The van der Waals surface area contributed by atoms with Gasteiger partial charge in [0.2, 0.25) is 0 Å². The largest absolute Gasteiger partial charge is 0.469 e. The lowest BCUT2D eigenvalue weighted by Gasteiger charge is -2.19. The molecule has 2 heterocycles. The molecule has 3 atom stereocenters. The fraction of sp³-hybridized carbons (Fsp3) is 0.833. The van der Waals surface area contributed by atoms with Gasteiger partial charge in [-0.15, -0.1) is 0 Å². The number of carbonyl (C=O) groups excluding carboxylic acids is 2. The number of amides is 2. The number of methoxy groups -OCH3 is 1. The highest BCUT2D eigenvalue weighted by atomic mass is 16.5. The van der Waals surface area contributed by atoms with Crippen LogP contribution in [0.4, 0.5) is 4.79 Å². The van der Waals surface area contributed by atoms with Gasteiger partial charge in [0.25, 0.3) is 0 Å². The van der Waals surface area contributed by atoms with E-state index in [9.17, 15) is 9.59 Å². The van der Waals surface area contributed by atoms with Crippen LogP contribution in [0.3, 0.4) is 0 Å². The summed E-state index contributed by atoms with van der Waals surface area (Å²) in [4.78, 5) is 25.2. The molecule has 102 valence electrons. The average molecular weight is 256 g/mol. The van der Waals surface area contributed by atoms with Gasteiger partial charge in [-0.25, -0.2) is 4.79 Å². The van der Waals surface area contributed by atoms with Crippen molar-refractivity contribution in [1.29, 1.82) is 0 Å². The van der Waals surface area contributed by atoms with Gasteiger partial charge < -0.3 is 19.7 Å². The number of hydrogen-bond acceptors (Lipinski definition) is 4. The molecule has 0 radical (unpaired) electrons. The Bertz CT molecular complexity index is 328. The molecule has 0 saturated carbocycles.